The van der Waals surface area contributed by atoms with Crippen LogP contribution in [0.5, 0.6) is 5.75 Å². The molecule has 0 spiro atoms. The summed E-state index contributed by atoms with van der Waals surface area (Å²) in [4.78, 5) is 17.1. The Morgan fingerprint density at radius 3 is 2.65 bits per heavy atom. The minimum absolute atomic E-state index is 0.0546. The van der Waals surface area contributed by atoms with Crippen molar-refractivity contribution in [3.05, 3.63) is 70.9 Å². The van der Waals surface area contributed by atoms with Crippen molar-refractivity contribution in [2.24, 2.45) is 16.0 Å². The summed E-state index contributed by atoms with van der Waals surface area (Å²) in [6, 6.07) is 14.4. The van der Waals surface area contributed by atoms with Gasteiger partial charge in [-0.15, -0.1) is 0 Å². The lowest BCUT2D eigenvalue weighted by Gasteiger charge is -2.20. The summed E-state index contributed by atoms with van der Waals surface area (Å²) in [6.45, 7) is 11.6. The molecule has 0 fully saturated rings. The topological polar surface area (TPSA) is 83.0 Å². The third-order valence-electron chi connectivity index (χ3n) is 6.46. The molecular weight excluding hydrogens is 482 g/mol. The van der Waals surface area contributed by atoms with E-state index in [1.807, 2.05) is 38.2 Å². The van der Waals surface area contributed by atoms with Crippen LogP contribution >= 0.6 is 11.8 Å². The first kappa shape index (κ1) is 25.0. The van der Waals surface area contributed by atoms with Crippen LogP contribution in [0.15, 0.2) is 64.3 Å². The van der Waals surface area contributed by atoms with Gasteiger partial charge in [0.05, 0.1) is 12.1 Å². The predicted molar refractivity (Wildman–Crippen MR) is 153 cm³/mol. The van der Waals surface area contributed by atoms with Crippen LogP contribution in [0.2, 0.25) is 0 Å². The average Bonchev–Trinajstić information content (AvgIpc) is 3.44. The smallest absolute Gasteiger partial charge is 0.283 e. The van der Waals surface area contributed by atoms with E-state index >= 15 is 0 Å². The molecule has 0 bridgehead atoms. The van der Waals surface area contributed by atoms with Crippen molar-refractivity contribution in [3.63, 3.8) is 0 Å². The molecule has 0 aliphatic carbocycles. The number of ether oxygens (including phenoxy) is 1. The molecule has 1 aromatic heterocycles. The fraction of sp³-hybridized carbons (Fsp3) is 0.310. The number of aromatic nitrogens is 1. The molecule has 3 aromatic rings. The highest BCUT2D eigenvalue weighted by Gasteiger charge is 2.36. The number of nitrogens with zero attached hydrogens (tertiary/aromatic N) is 4. The van der Waals surface area contributed by atoms with E-state index in [-0.39, 0.29) is 17.3 Å². The Kier molecular flexibility index (Phi) is 6.77. The number of para-hydroxylation sites is 1. The second-order valence-electron chi connectivity index (χ2n) is 9.95. The fourth-order valence-electron chi connectivity index (χ4n) is 4.47. The van der Waals surface area contributed by atoms with E-state index in [1.54, 1.807) is 6.08 Å². The first-order chi connectivity index (χ1) is 17.7. The standard InChI is InChI=1S/C29H31N5O2S/c1-17(2)21-11-10-19(5)14-25(21)36-13-12-33-16-20(22-8-6-7-9-24(22)33)15-23-26(30)34-29(31-27(23)35)37-28(32-34)18(3)4/h6-11,14-18,30H,12-13H2,1-5H3. The van der Waals surface area contributed by atoms with E-state index in [1.165, 1.54) is 27.9 Å². The highest BCUT2D eigenvalue weighted by Crippen LogP contribution is 2.32. The lowest BCUT2D eigenvalue weighted by Crippen LogP contribution is -2.35. The molecule has 8 heteroatoms. The Balaban J connectivity index is 1.42. The SMILES string of the molecule is Cc1ccc(C(C)C)c(OCCn2cc(C=C3C(=N)N4N=C(C(C)C)SC4=NC3=O)c3ccccc32)c1. The zero-order valence-electron chi connectivity index (χ0n) is 21.8. The number of amidine groups is 2. The highest BCUT2D eigenvalue weighted by molar-refractivity contribution is 8.27. The number of hydrazone groups is 1. The molecule has 1 amide bonds. The quantitative estimate of drug-likeness (QED) is 0.369. The molecule has 0 atom stereocenters. The number of fused-ring (bicyclic) bond motifs is 2. The summed E-state index contributed by atoms with van der Waals surface area (Å²) >= 11 is 1.35. The van der Waals surface area contributed by atoms with Gasteiger partial charge >= 0.3 is 0 Å². The third kappa shape index (κ3) is 4.85. The first-order valence-corrected chi connectivity index (χ1v) is 13.4. The first-order valence-electron chi connectivity index (χ1n) is 12.5. The maximum atomic E-state index is 12.9. The van der Waals surface area contributed by atoms with Gasteiger partial charge in [0.25, 0.3) is 5.91 Å². The summed E-state index contributed by atoms with van der Waals surface area (Å²) in [6.07, 6.45) is 3.78. The number of aliphatic imine (C=N–C) groups is 1. The van der Waals surface area contributed by atoms with Crippen molar-refractivity contribution in [2.75, 3.05) is 6.61 Å². The normalized spacial score (nSPS) is 16.7. The molecule has 37 heavy (non-hydrogen) atoms. The molecule has 5 rings (SSSR count). The number of hydrogen-bond donors (Lipinski definition) is 1. The van der Waals surface area contributed by atoms with Gasteiger partial charge in [0.1, 0.15) is 17.4 Å². The van der Waals surface area contributed by atoms with E-state index in [4.69, 9.17) is 10.1 Å². The summed E-state index contributed by atoms with van der Waals surface area (Å²) in [5, 5.41) is 17.0. The Hall–Kier alpha value is -3.65. The van der Waals surface area contributed by atoms with Gasteiger partial charge in [-0.1, -0.05) is 58.0 Å². The number of hydrogen-bond acceptors (Lipinski definition) is 5. The zero-order chi connectivity index (χ0) is 26.3. The maximum Gasteiger partial charge on any atom is 0.283 e. The van der Waals surface area contributed by atoms with Crippen molar-refractivity contribution < 1.29 is 9.53 Å². The number of thioether (sulfide) groups is 1. The van der Waals surface area contributed by atoms with Crippen molar-refractivity contribution in [3.8, 4) is 5.75 Å². The molecule has 0 radical (unpaired) electrons. The van der Waals surface area contributed by atoms with Gasteiger partial charge in [-0.25, -0.2) is 0 Å². The number of rotatable bonds is 7. The summed E-state index contributed by atoms with van der Waals surface area (Å²) < 4.78 is 8.37. The van der Waals surface area contributed by atoms with E-state index in [2.05, 4.69) is 59.7 Å². The number of aryl methyl sites for hydroxylation is 1. The summed E-state index contributed by atoms with van der Waals surface area (Å²) in [7, 11) is 0. The number of carbonyl (C=O) groups is 1. The Labute approximate surface area is 221 Å². The number of carbonyl (C=O) groups excluding carboxylic acids is 1. The molecule has 2 aromatic carbocycles. The van der Waals surface area contributed by atoms with Crippen molar-refractivity contribution in [2.45, 2.75) is 47.1 Å². The van der Waals surface area contributed by atoms with Crippen LogP contribution in [-0.4, -0.2) is 38.1 Å². The molecule has 0 saturated carbocycles. The van der Waals surface area contributed by atoms with E-state index in [0.29, 0.717) is 24.2 Å². The second kappa shape index (κ2) is 10.0. The molecule has 190 valence electrons. The van der Waals surface area contributed by atoms with E-state index < -0.39 is 5.91 Å². The molecular formula is C29H31N5O2S. The van der Waals surface area contributed by atoms with Gasteiger partial charge in [0.15, 0.2) is 5.84 Å². The predicted octanol–water partition coefficient (Wildman–Crippen LogP) is 6.43. The highest BCUT2D eigenvalue weighted by atomic mass is 32.2. The molecule has 7 nitrogen and oxygen atoms in total. The number of benzene rings is 2. The van der Waals surface area contributed by atoms with Crippen LogP contribution in [0, 0.1) is 18.3 Å². The van der Waals surface area contributed by atoms with Crippen LogP contribution in [0.1, 0.15) is 50.3 Å². The van der Waals surface area contributed by atoms with Crippen LogP contribution in [0.3, 0.4) is 0 Å². The molecule has 0 unspecified atom stereocenters. The molecule has 1 N–H and O–H groups in total. The molecule has 2 aliphatic rings. The van der Waals surface area contributed by atoms with Crippen LogP contribution < -0.4 is 4.74 Å². The van der Waals surface area contributed by atoms with Gasteiger partial charge < -0.3 is 9.30 Å². The maximum absolute atomic E-state index is 12.9. The van der Waals surface area contributed by atoms with E-state index in [9.17, 15) is 4.79 Å². The van der Waals surface area contributed by atoms with Crippen LogP contribution in [0.4, 0.5) is 0 Å². The molecule has 0 saturated heterocycles. The van der Waals surface area contributed by atoms with Crippen molar-refractivity contribution in [1.29, 1.82) is 5.41 Å². The van der Waals surface area contributed by atoms with Gasteiger partial charge in [0, 0.05) is 28.6 Å². The number of nitrogens with one attached hydrogen (secondary N) is 1. The van der Waals surface area contributed by atoms with Crippen LogP contribution in [0.25, 0.3) is 17.0 Å². The lowest BCUT2D eigenvalue weighted by atomic mass is 10.0. The lowest BCUT2D eigenvalue weighted by molar-refractivity contribution is -0.114. The second-order valence-corrected chi connectivity index (χ2v) is 10.9. The largest absolute Gasteiger partial charge is 0.491 e. The Morgan fingerprint density at radius 1 is 1.11 bits per heavy atom. The summed E-state index contributed by atoms with van der Waals surface area (Å²) in [5.74, 6) is 1.14. The summed E-state index contributed by atoms with van der Waals surface area (Å²) in [5.41, 5.74) is 4.51. The van der Waals surface area contributed by atoms with Crippen molar-refractivity contribution >= 4 is 50.7 Å². The zero-order valence-corrected chi connectivity index (χ0v) is 22.6. The fourth-order valence-corrected chi connectivity index (χ4v) is 5.36. The van der Waals surface area contributed by atoms with Gasteiger partial charge in [-0.05, 0) is 53.9 Å². The van der Waals surface area contributed by atoms with Crippen molar-refractivity contribution in [1.82, 2.24) is 9.58 Å². The minimum Gasteiger partial charge on any atom is -0.491 e. The average molecular weight is 514 g/mol. The molecule has 3 heterocycles. The molecule has 2 aliphatic heterocycles. The Morgan fingerprint density at radius 2 is 1.89 bits per heavy atom. The van der Waals surface area contributed by atoms with Crippen LogP contribution in [-0.2, 0) is 11.3 Å². The third-order valence-corrected chi connectivity index (χ3v) is 7.67. The monoisotopic (exact) mass is 513 g/mol. The van der Waals surface area contributed by atoms with Gasteiger partial charge in [-0.3, -0.25) is 10.2 Å². The van der Waals surface area contributed by atoms with Gasteiger partial charge in [0.2, 0.25) is 5.17 Å². The minimum atomic E-state index is -0.412. The van der Waals surface area contributed by atoms with Gasteiger partial charge in [-0.2, -0.15) is 15.1 Å². The number of amides is 1. The Bertz CT molecular complexity index is 1500. The van der Waals surface area contributed by atoms with E-state index in [0.717, 1.165) is 27.3 Å².